The molecule has 0 unspecified atom stereocenters. The summed E-state index contributed by atoms with van der Waals surface area (Å²) in [6.45, 7) is 5.28. The minimum Gasteiger partial charge on any atom is -0.478 e. The highest BCUT2D eigenvalue weighted by atomic mass is 19.1. The summed E-state index contributed by atoms with van der Waals surface area (Å²) in [5, 5.41) is 9.49. The molecule has 0 spiro atoms. The number of aromatic nitrogens is 3. The van der Waals surface area contributed by atoms with Gasteiger partial charge in [-0.1, -0.05) is 18.1 Å². The van der Waals surface area contributed by atoms with E-state index in [1.54, 1.807) is 36.4 Å². The Morgan fingerprint density at radius 3 is 2.66 bits per heavy atom. The van der Waals surface area contributed by atoms with E-state index in [1.165, 1.54) is 6.07 Å². The zero-order valence-electron chi connectivity index (χ0n) is 22.5. The third-order valence-corrected chi connectivity index (χ3v) is 7.62. The number of benzene rings is 2. The van der Waals surface area contributed by atoms with Crippen LogP contribution in [0.1, 0.15) is 33.7 Å². The van der Waals surface area contributed by atoms with Crippen LogP contribution in [0.4, 0.5) is 10.2 Å². The number of carbonyl (C=O) groups is 1. The van der Waals surface area contributed by atoms with Gasteiger partial charge in [-0.15, -0.1) is 6.42 Å². The van der Waals surface area contributed by atoms with Gasteiger partial charge in [0.15, 0.2) is 0 Å². The van der Waals surface area contributed by atoms with Crippen LogP contribution >= 0.6 is 0 Å². The quantitative estimate of drug-likeness (QED) is 0.311. The number of fused-ring (bicyclic) bond motifs is 1. The highest BCUT2D eigenvalue weighted by molar-refractivity contribution is 5.92. The normalized spacial score (nSPS) is 17.3. The van der Waals surface area contributed by atoms with E-state index in [9.17, 15) is 14.3 Å². The summed E-state index contributed by atoms with van der Waals surface area (Å²) in [5.74, 6) is 3.21. The lowest BCUT2D eigenvalue weighted by Gasteiger charge is -2.35. The lowest BCUT2D eigenvalue weighted by molar-refractivity contribution is -0.0592. The van der Waals surface area contributed by atoms with E-state index in [0.29, 0.717) is 30.1 Å². The van der Waals surface area contributed by atoms with E-state index in [2.05, 4.69) is 25.3 Å². The average Bonchev–Trinajstić information content (AvgIpc) is 3.30. The van der Waals surface area contributed by atoms with Crippen LogP contribution in [0.3, 0.4) is 0 Å². The van der Waals surface area contributed by atoms with Crippen molar-refractivity contribution in [2.24, 2.45) is 0 Å². The third kappa shape index (κ3) is 5.87. The van der Waals surface area contributed by atoms with Gasteiger partial charge in [-0.3, -0.25) is 4.90 Å². The topological polar surface area (TPSA) is 93.0 Å². The summed E-state index contributed by atoms with van der Waals surface area (Å²) in [7, 11) is 0. The zero-order valence-corrected chi connectivity index (χ0v) is 22.5. The number of aromatic carboxylic acids is 1. The fraction of sp³-hybridized carbons (Fsp3) is 0.323. The van der Waals surface area contributed by atoms with Crippen LogP contribution < -0.4 is 9.64 Å². The Kier molecular flexibility index (Phi) is 7.55. The summed E-state index contributed by atoms with van der Waals surface area (Å²) in [6.07, 6.45) is 6.44. The lowest BCUT2D eigenvalue weighted by Crippen LogP contribution is -2.46. The van der Waals surface area contributed by atoms with Crippen molar-refractivity contribution in [3.05, 3.63) is 82.9 Å². The van der Waals surface area contributed by atoms with E-state index in [1.807, 2.05) is 12.1 Å². The van der Waals surface area contributed by atoms with E-state index in [0.717, 1.165) is 61.9 Å². The maximum absolute atomic E-state index is 14.3. The van der Waals surface area contributed by atoms with Crippen LogP contribution in [0.25, 0.3) is 11.0 Å². The van der Waals surface area contributed by atoms with Gasteiger partial charge in [0.05, 0.1) is 35.8 Å². The van der Waals surface area contributed by atoms with Crippen molar-refractivity contribution >= 4 is 22.8 Å². The Balaban J connectivity index is 1.10. The van der Waals surface area contributed by atoms with Crippen molar-refractivity contribution in [1.82, 2.24) is 19.4 Å². The molecule has 2 aromatic carbocycles. The summed E-state index contributed by atoms with van der Waals surface area (Å²) in [5.41, 5.74) is 2.76. The molecule has 10 heteroatoms. The summed E-state index contributed by atoms with van der Waals surface area (Å²) >= 11 is 0. The predicted octanol–water partition coefficient (Wildman–Crippen LogP) is 3.94. The molecule has 0 radical (unpaired) electrons. The molecule has 0 saturated carbocycles. The van der Waals surface area contributed by atoms with Crippen molar-refractivity contribution in [3.63, 3.8) is 0 Å². The SMILES string of the molecule is C#Cc1ccc(COc2cccc(N3CCN(Cc4nc5ccc(C(=O)O)cc5n4C[C@@H]4CCO4)CC3)n2)c(F)c1. The maximum Gasteiger partial charge on any atom is 0.335 e. The number of piperazine rings is 1. The van der Waals surface area contributed by atoms with E-state index in [4.69, 9.17) is 20.9 Å². The Bertz CT molecular complexity index is 1620. The molecule has 2 aromatic heterocycles. The second-order valence-electron chi connectivity index (χ2n) is 10.3. The number of ether oxygens (including phenoxy) is 2. The molecule has 6 rings (SSSR count). The van der Waals surface area contributed by atoms with Gasteiger partial charge in [0.1, 0.15) is 24.1 Å². The van der Waals surface area contributed by atoms with Crippen molar-refractivity contribution < 1.29 is 23.8 Å². The average molecular weight is 556 g/mol. The summed E-state index contributed by atoms with van der Waals surface area (Å²) in [4.78, 5) is 25.6. The number of hydrogen-bond donors (Lipinski definition) is 1. The minimum absolute atomic E-state index is 0.0573. The molecular weight excluding hydrogens is 525 g/mol. The second-order valence-corrected chi connectivity index (χ2v) is 10.3. The van der Waals surface area contributed by atoms with Gasteiger partial charge in [-0.2, -0.15) is 4.98 Å². The van der Waals surface area contributed by atoms with Crippen LogP contribution in [-0.2, 0) is 24.4 Å². The van der Waals surface area contributed by atoms with Crippen molar-refractivity contribution in [2.45, 2.75) is 32.2 Å². The van der Waals surface area contributed by atoms with Gasteiger partial charge in [-0.05, 0) is 42.8 Å². The first-order valence-corrected chi connectivity index (χ1v) is 13.6. The van der Waals surface area contributed by atoms with Crippen LogP contribution in [0.5, 0.6) is 5.88 Å². The van der Waals surface area contributed by atoms with E-state index >= 15 is 0 Å². The number of anilines is 1. The van der Waals surface area contributed by atoms with Crippen LogP contribution in [-0.4, -0.2) is 69.4 Å². The number of rotatable bonds is 9. The van der Waals surface area contributed by atoms with Gasteiger partial charge in [0.2, 0.25) is 5.88 Å². The molecular formula is C31H30FN5O4. The first-order valence-electron chi connectivity index (χ1n) is 13.6. The monoisotopic (exact) mass is 555 g/mol. The summed E-state index contributed by atoms with van der Waals surface area (Å²) in [6, 6.07) is 15.3. The number of hydrogen-bond acceptors (Lipinski definition) is 7. The number of pyridine rings is 1. The maximum atomic E-state index is 14.3. The van der Waals surface area contributed by atoms with Crippen molar-refractivity contribution in [2.75, 3.05) is 37.7 Å². The Morgan fingerprint density at radius 2 is 1.95 bits per heavy atom. The third-order valence-electron chi connectivity index (χ3n) is 7.62. The van der Waals surface area contributed by atoms with Gasteiger partial charge < -0.3 is 24.0 Å². The Hall–Kier alpha value is -4.46. The van der Waals surface area contributed by atoms with E-state index in [-0.39, 0.29) is 18.3 Å². The fourth-order valence-electron chi connectivity index (χ4n) is 5.16. The lowest BCUT2D eigenvalue weighted by atomic mass is 10.1. The minimum atomic E-state index is -0.953. The Labute approximate surface area is 237 Å². The largest absolute Gasteiger partial charge is 0.478 e. The smallest absolute Gasteiger partial charge is 0.335 e. The van der Waals surface area contributed by atoms with Gasteiger partial charge in [-0.25, -0.2) is 14.2 Å². The number of nitrogens with zero attached hydrogens (tertiary/aromatic N) is 5. The fourth-order valence-corrected chi connectivity index (χ4v) is 5.16. The first kappa shape index (κ1) is 26.7. The van der Waals surface area contributed by atoms with Crippen LogP contribution in [0.2, 0.25) is 0 Å². The highest BCUT2D eigenvalue weighted by Crippen LogP contribution is 2.25. The molecule has 0 amide bonds. The molecule has 41 heavy (non-hydrogen) atoms. The molecule has 210 valence electrons. The van der Waals surface area contributed by atoms with Crippen molar-refractivity contribution in [1.29, 1.82) is 0 Å². The molecule has 4 heterocycles. The van der Waals surface area contributed by atoms with Gasteiger partial charge >= 0.3 is 5.97 Å². The predicted molar refractivity (Wildman–Crippen MR) is 151 cm³/mol. The van der Waals surface area contributed by atoms with E-state index < -0.39 is 11.8 Å². The second kappa shape index (κ2) is 11.6. The van der Waals surface area contributed by atoms with Crippen LogP contribution in [0.15, 0.2) is 54.6 Å². The number of imidazole rings is 1. The van der Waals surface area contributed by atoms with Gasteiger partial charge in [0.25, 0.3) is 0 Å². The number of carboxylic acids is 1. The highest BCUT2D eigenvalue weighted by Gasteiger charge is 2.25. The number of carboxylic acid groups (broad SMARTS) is 1. The number of halogens is 1. The molecule has 2 aliphatic heterocycles. The first-order chi connectivity index (χ1) is 20.0. The molecule has 1 atom stereocenters. The molecule has 0 bridgehead atoms. The molecule has 9 nitrogen and oxygen atoms in total. The standard InChI is InChI=1S/C31H30FN5O4/c1-2-21-6-7-23(25(32)16-21)20-41-30-5-3-4-28(34-30)36-13-11-35(12-14-36)19-29-33-26-9-8-22(31(38)39)17-27(26)37(29)18-24-10-15-40-24/h1,3-9,16-17,24H,10-15,18-20H2,(H,38,39)/t24-/m0/s1. The molecule has 2 aliphatic rings. The Morgan fingerprint density at radius 1 is 1.12 bits per heavy atom. The summed E-state index contributed by atoms with van der Waals surface area (Å²) < 4.78 is 27.9. The molecule has 0 aliphatic carbocycles. The number of terminal acetylenes is 1. The molecule has 4 aromatic rings. The molecule has 2 saturated heterocycles. The zero-order chi connectivity index (χ0) is 28.3. The van der Waals surface area contributed by atoms with Gasteiger partial charge in [0, 0.05) is 50.0 Å². The molecule has 2 fully saturated rings. The van der Waals surface area contributed by atoms with Crippen molar-refractivity contribution in [3.8, 4) is 18.2 Å². The molecule has 1 N–H and O–H groups in total. The van der Waals surface area contributed by atoms with Crippen LogP contribution in [0, 0.1) is 18.2 Å².